The van der Waals surface area contributed by atoms with E-state index in [1.54, 1.807) is 14.2 Å². The summed E-state index contributed by atoms with van der Waals surface area (Å²) in [5.74, 6) is 0.662. The van der Waals surface area contributed by atoms with Crippen molar-refractivity contribution in [2.24, 2.45) is 7.05 Å². The van der Waals surface area contributed by atoms with Gasteiger partial charge < -0.3 is 25.0 Å². The number of fused-ring (bicyclic) bond motifs is 1. The summed E-state index contributed by atoms with van der Waals surface area (Å²) in [4.78, 5) is 27.8. The Balaban J connectivity index is 2.02. The Kier molecular flexibility index (Phi) is 3.89. The molecule has 8 heteroatoms. The van der Waals surface area contributed by atoms with Crippen LogP contribution in [0.3, 0.4) is 0 Å². The smallest absolute Gasteiger partial charge is 0.404 e. The second-order valence-corrected chi connectivity index (χ2v) is 5.76. The van der Waals surface area contributed by atoms with E-state index in [2.05, 4.69) is 15.2 Å². The van der Waals surface area contributed by atoms with E-state index >= 15 is 0 Å². The van der Waals surface area contributed by atoms with Crippen molar-refractivity contribution in [3.63, 3.8) is 0 Å². The molecule has 2 heterocycles. The Morgan fingerprint density at radius 2 is 2.26 bits per heavy atom. The van der Waals surface area contributed by atoms with E-state index in [4.69, 9.17) is 9.84 Å². The van der Waals surface area contributed by atoms with Crippen LogP contribution in [0.4, 0.5) is 10.5 Å². The second-order valence-electron chi connectivity index (χ2n) is 5.76. The average Bonchev–Trinajstić information content (AvgIpc) is 2.81. The summed E-state index contributed by atoms with van der Waals surface area (Å²) in [6, 6.07) is 3.56. The van der Waals surface area contributed by atoms with E-state index in [9.17, 15) is 9.59 Å². The Morgan fingerprint density at radius 3 is 2.96 bits per heavy atom. The molecule has 124 valence electrons. The van der Waals surface area contributed by atoms with Crippen molar-refractivity contribution in [3.8, 4) is 5.75 Å². The van der Waals surface area contributed by atoms with Crippen LogP contribution >= 0.6 is 0 Å². The van der Waals surface area contributed by atoms with Crippen LogP contribution in [0.15, 0.2) is 16.9 Å². The third-order valence-electron chi connectivity index (χ3n) is 4.29. The molecule has 1 amide bonds. The highest BCUT2D eigenvalue weighted by Crippen LogP contribution is 2.31. The maximum atomic E-state index is 11.9. The number of amides is 1. The van der Waals surface area contributed by atoms with Crippen molar-refractivity contribution in [3.05, 3.63) is 22.6 Å². The van der Waals surface area contributed by atoms with E-state index in [1.807, 2.05) is 12.1 Å². The summed E-state index contributed by atoms with van der Waals surface area (Å²) in [5.41, 5.74) is 2.17. The molecule has 1 aliphatic rings. The molecule has 0 aliphatic carbocycles. The van der Waals surface area contributed by atoms with Gasteiger partial charge in [-0.3, -0.25) is 4.57 Å². The molecule has 1 fully saturated rings. The number of H-pyrrole nitrogens is 1. The van der Waals surface area contributed by atoms with E-state index in [0.29, 0.717) is 12.3 Å². The summed E-state index contributed by atoms with van der Waals surface area (Å²) in [6.45, 7) is 1.36. The second kappa shape index (κ2) is 5.86. The number of ether oxygens (including phenoxy) is 1. The lowest BCUT2D eigenvalue weighted by Crippen LogP contribution is -2.47. The molecule has 1 aromatic heterocycles. The van der Waals surface area contributed by atoms with Crippen molar-refractivity contribution < 1.29 is 14.6 Å². The number of carboxylic acid groups (broad SMARTS) is 1. The molecule has 8 nitrogen and oxygen atoms in total. The van der Waals surface area contributed by atoms with Crippen LogP contribution in [0.25, 0.3) is 11.0 Å². The zero-order chi connectivity index (χ0) is 16.6. The average molecular weight is 320 g/mol. The first kappa shape index (κ1) is 15.3. The third-order valence-corrected chi connectivity index (χ3v) is 4.29. The van der Waals surface area contributed by atoms with Crippen LogP contribution in [0, 0.1) is 0 Å². The van der Waals surface area contributed by atoms with Crippen LogP contribution < -0.4 is 20.6 Å². The molecular weight excluding hydrogens is 300 g/mol. The standard InChI is InChI=1S/C15H20N4O4/c1-18-11-6-10(23-2)7-12(13(11)17-14(18)20)19-5-3-4-9(8-19)16-15(21)22/h6-7,9,16H,3-5,8H2,1-2H3,(H,17,20)(H,21,22)/t9-/m1/s1. The number of aromatic amines is 1. The fourth-order valence-electron chi connectivity index (χ4n) is 3.14. The number of anilines is 1. The number of nitrogens with one attached hydrogen (secondary N) is 2. The number of imidazole rings is 1. The molecule has 2 aromatic rings. The summed E-state index contributed by atoms with van der Waals surface area (Å²) < 4.78 is 6.88. The van der Waals surface area contributed by atoms with Crippen LogP contribution in [0.1, 0.15) is 12.8 Å². The monoisotopic (exact) mass is 320 g/mol. The first-order chi connectivity index (χ1) is 11.0. The number of carbonyl (C=O) groups is 1. The maximum absolute atomic E-state index is 11.9. The molecule has 1 aliphatic heterocycles. The molecule has 0 bridgehead atoms. The predicted molar refractivity (Wildman–Crippen MR) is 86.5 cm³/mol. The van der Waals surface area contributed by atoms with Gasteiger partial charge in [-0.15, -0.1) is 0 Å². The number of piperidine rings is 1. The predicted octanol–water partition coefficient (Wildman–Crippen LogP) is 1.11. The van der Waals surface area contributed by atoms with Crippen molar-refractivity contribution >= 4 is 22.8 Å². The minimum Gasteiger partial charge on any atom is -0.497 e. The lowest BCUT2D eigenvalue weighted by atomic mass is 10.0. The largest absolute Gasteiger partial charge is 0.497 e. The minimum atomic E-state index is -1.01. The van der Waals surface area contributed by atoms with Gasteiger partial charge >= 0.3 is 11.8 Å². The molecule has 3 N–H and O–H groups in total. The van der Waals surface area contributed by atoms with E-state index in [-0.39, 0.29) is 11.7 Å². The third kappa shape index (κ3) is 2.84. The zero-order valence-corrected chi connectivity index (χ0v) is 13.1. The van der Waals surface area contributed by atoms with E-state index in [1.165, 1.54) is 4.57 Å². The van der Waals surface area contributed by atoms with Gasteiger partial charge in [-0.05, 0) is 12.8 Å². The van der Waals surface area contributed by atoms with Gasteiger partial charge in [0, 0.05) is 38.3 Å². The number of rotatable bonds is 3. The highest BCUT2D eigenvalue weighted by atomic mass is 16.5. The Hall–Kier alpha value is -2.64. The molecule has 23 heavy (non-hydrogen) atoms. The van der Waals surface area contributed by atoms with Gasteiger partial charge in [-0.2, -0.15) is 0 Å². The van der Waals surface area contributed by atoms with E-state index < -0.39 is 6.09 Å². The highest BCUT2D eigenvalue weighted by molar-refractivity contribution is 5.90. The van der Waals surface area contributed by atoms with Crippen LogP contribution in [0.5, 0.6) is 5.75 Å². The fourth-order valence-corrected chi connectivity index (χ4v) is 3.14. The molecule has 1 aromatic carbocycles. The minimum absolute atomic E-state index is 0.127. The Morgan fingerprint density at radius 1 is 1.48 bits per heavy atom. The molecule has 0 radical (unpaired) electrons. The number of aryl methyl sites for hydroxylation is 1. The van der Waals surface area contributed by atoms with Gasteiger partial charge in [-0.25, -0.2) is 9.59 Å². The lowest BCUT2D eigenvalue weighted by Gasteiger charge is -2.34. The van der Waals surface area contributed by atoms with Crippen molar-refractivity contribution in [2.75, 3.05) is 25.1 Å². The maximum Gasteiger partial charge on any atom is 0.404 e. The lowest BCUT2D eigenvalue weighted by molar-refractivity contribution is 0.188. The van der Waals surface area contributed by atoms with Crippen molar-refractivity contribution in [1.29, 1.82) is 0 Å². The van der Waals surface area contributed by atoms with Gasteiger partial charge in [-0.1, -0.05) is 0 Å². The summed E-state index contributed by atoms with van der Waals surface area (Å²) in [5, 5.41) is 11.5. The first-order valence-electron chi connectivity index (χ1n) is 7.50. The Bertz CT molecular complexity index is 795. The summed E-state index contributed by atoms with van der Waals surface area (Å²) >= 11 is 0. The molecule has 0 unspecified atom stereocenters. The number of hydrogen-bond acceptors (Lipinski definition) is 4. The molecular formula is C15H20N4O4. The molecule has 1 atom stereocenters. The topological polar surface area (TPSA) is 99.6 Å². The van der Waals surface area contributed by atoms with Gasteiger partial charge in [0.2, 0.25) is 0 Å². The number of methoxy groups -OCH3 is 1. The van der Waals surface area contributed by atoms with Gasteiger partial charge in [0.15, 0.2) is 0 Å². The van der Waals surface area contributed by atoms with Crippen LogP contribution in [-0.4, -0.2) is 47.0 Å². The summed E-state index contributed by atoms with van der Waals surface area (Å²) in [6.07, 6.45) is 0.669. The normalized spacial score (nSPS) is 18.2. The van der Waals surface area contributed by atoms with Gasteiger partial charge in [0.1, 0.15) is 5.75 Å². The number of benzene rings is 1. The summed E-state index contributed by atoms with van der Waals surface area (Å²) in [7, 11) is 3.29. The Labute approximate surface area is 132 Å². The number of aromatic nitrogens is 2. The molecule has 0 saturated carbocycles. The van der Waals surface area contributed by atoms with Crippen molar-refractivity contribution in [2.45, 2.75) is 18.9 Å². The van der Waals surface area contributed by atoms with Gasteiger partial charge in [0.25, 0.3) is 0 Å². The van der Waals surface area contributed by atoms with Gasteiger partial charge in [0.05, 0.1) is 23.8 Å². The molecule has 1 saturated heterocycles. The molecule has 0 spiro atoms. The SMILES string of the molecule is COc1cc(N2CCC[C@@H](NC(=O)O)C2)c2[nH]c(=O)n(C)c2c1. The van der Waals surface area contributed by atoms with E-state index in [0.717, 1.165) is 36.1 Å². The quantitative estimate of drug-likeness (QED) is 0.787. The van der Waals surface area contributed by atoms with Crippen LogP contribution in [-0.2, 0) is 7.05 Å². The zero-order valence-electron chi connectivity index (χ0n) is 13.1. The molecule has 3 rings (SSSR count). The highest BCUT2D eigenvalue weighted by Gasteiger charge is 2.24. The fraction of sp³-hybridized carbons (Fsp3) is 0.467. The van der Waals surface area contributed by atoms with Crippen LogP contribution in [0.2, 0.25) is 0 Å². The first-order valence-corrected chi connectivity index (χ1v) is 7.50. The number of hydrogen-bond donors (Lipinski definition) is 3. The van der Waals surface area contributed by atoms with Crippen molar-refractivity contribution in [1.82, 2.24) is 14.9 Å². The number of nitrogens with zero attached hydrogens (tertiary/aromatic N) is 2.